The fourth-order valence-electron chi connectivity index (χ4n) is 1.95. The Morgan fingerprint density at radius 3 is 2.81 bits per heavy atom. The molecule has 1 aliphatic heterocycles. The van der Waals surface area contributed by atoms with E-state index in [2.05, 4.69) is 0 Å². The van der Waals surface area contributed by atoms with Gasteiger partial charge in [0.05, 0.1) is 22.8 Å². The van der Waals surface area contributed by atoms with Gasteiger partial charge in [-0.15, -0.1) is 0 Å². The van der Waals surface area contributed by atoms with Crippen molar-refractivity contribution in [3.05, 3.63) is 33.8 Å². The predicted octanol–water partition coefficient (Wildman–Crippen LogP) is 2.93. The second-order valence-electron chi connectivity index (χ2n) is 4.14. The number of aliphatic hydroxyl groups excluding tert-OH is 1. The van der Waals surface area contributed by atoms with E-state index in [4.69, 9.17) is 27.9 Å². The summed E-state index contributed by atoms with van der Waals surface area (Å²) in [6.07, 6.45) is 1.22. The van der Waals surface area contributed by atoms with Crippen LogP contribution in [0.3, 0.4) is 0 Å². The predicted molar refractivity (Wildman–Crippen MR) is 65.1 cm³/mol. The Balaban J connectivity index is 2.05. The molecule has 1 saturated heterocycles. The SMILES string of the molecule is O[C@H]1CCOC[C@@H]1Cc1ccc(Cl)c(Cl)c1. The van der Waals surface area contributed by atoms with Crippen LogP contribution in [0.4, 0.5) is 0 Å². The monoisotopic (exact) mass is 260 g/mol. The summed E-state index contributed by atoms with van der Waals surface area (Å²) in [5.41, 5.74) is 1.09. The molecule has 1 aromatic rings. The Hall–Kier alpha value is -0.280. The highest BCUT2D eigenvalue weighted by atomic mass is 35.5. The summed E-state index contributed by atoms with van der Waals surface area (Å²) in [6.45, 7) is 1.26. The van der Waals surface area contributed by atoms with E-state index < -0.39 is 0 Å². The van der Waals surface area contributed by atoms with Crippen molar-refractivity contribution in [1.29, 1.82) is 0 Å². The summed E-state index contributed by atoms with van der Waals surface area (Å²) in [5.74, 6) is 0.158. The molecule has 0 unspecified atom stereocenters. The van der Waals surface area contributed by atoms with E-state index in [0.717, 1.165) is 12.0 Å². The molecule has 0 amide bonds. The van der Waals surface area contributed by atoms with Crippen LogP contribution in [0.2, 0.25) is 10.0 Å². The first-order valence-corrected chi connectivity index (χ1v) is 6.12. The molecular formula is C12H14Cl2O2. The molecule has 1 fully saturated rings. The summed E-state index contributed by atoms with van der Waals surface area (Å²) in [5, 5.41) is 10.9. The van der Waals surface area contributed by atoms with Crippen molar-refractivity contribution in [1.82, 2.24) is 0 Å². The van der Waals surface area contributed by atoms with Gasteiger partial charge in [-0.1, -0.05) is 29.3 Å². The van der Waals surface area contributed by atoms with Gasteiger partial charge in [0.25, 0.3) is 0 Å². The molecule has 88 valence electrons. The first kappa shape index (κ1) is 12.2. The van der Waals surface area contributed by atoms with E-state index in [-0.39, 0.29) is 12.0 Å². The summed E-state index contributed by atoms with van der Waals surface area (Å²) >= 11 is 11.8. The minimum Gasteiger partial charge on any atom is -0.393 e. The maximum Gasteiger partial charge on any atom is 0.0615 e. The largest absolute Gasteiger partial charge is 0.393 e. The van der Waals surface area contributed by atoms with Crippen LogP contribution in [-0.4, -0.2) is 24.4 Å². The van der Waals surface area contributed by atoms with Gasteiger partial charge in [-0.05, 0) is 30.5 Å². The molecule has 4 heteroatoms. The van der Waals surface area contributed by atoms with E-state index in [0.29, 0.717) is 29.7 Å². The highest BCUT2D eigenvalue weighted by molar-refractivity contribution is 6.42. The third kappa shape index (κ3) is 2.89. The molecule has 1 N–H and O–H groups in total. The van der Waals surface area contributed by atoms with Crippen molar-refractivity contribution in [2.75, 3.05) is 13.2 Å². The zero-order valence-corrected chi connectivity index (χ0v) is 10.3. The van der Waals surface area contributed by atoms with Crippen LogP contribution in [0.25, 0.3) is 0 Å². The zero-order valence-electron chi connectivity index (χ0n) is 8.83. The number of aliphatic hydroxyl groups is 1. The quantitative estimate of drug-likeness (QED) is 0.886. The lowest BCUT2D eigenvalue weighted by atomic mass is 9.92. The molecule has 0 saturated carbocycles. The third-order valence-electron chi connectivity index (χ3n) is 2.92. The molecule has 0 aromatic heterocycles. The van der Waals surface area contributed by atoms with Gasteiger partial charge in [-0.25, -0.2) is 0 Å². The second-order valence-corrected chi connectivity index (χ2v) is 4.96. The van der Waals surface area contributed by atoms with Gasteiger partial charge in [0.15, 0.2) is 0 Å². The Labute approximate surface area is 105 Å². The summed E-state index contributed by atoms with van der Waals surface area (Å²) in [6, 6.07) is 5.58. The number of halogens is 2. The van der Waals surface area contributed by atoms with E-state index in [1.165, 1.54) is 0 Å². The standard InChI is InChI=1S/C12H14Cl2O2/c13-10-2-1-8(6-11(10)14)5-9-7-16-4-3-12(9)15/h1-2,6,9,12,15H,3-5,7H2/t9-,12-/m0/s1. The van der Waals surface area contributed by atoms with Gasteiger partial charge < -0.3 is 9.84 Å². The van der Waals surface area contributed by atoms with Crippen LogP contribution in [0.5, 0.6) is 0 Å². The Bertz CT molecular complexity index is 368. The number of ether oxygens (including phenoxy) is 1. The van der Waals surface area contributed by atoms with Crippen LogP contribution in [0.15, 0.2) is 18.2 Å². The Morgan fingerprint density at radius 2 is 2.12 bits per heavy atom. The van der Waals surface area contributed by atoms with E-state index in [1.807, 2.05) is 12.1 Å². The fraction of sp³-hybridized carbons (Fsp3) is 0.500. The minimum absolute atomic E-state index is 0.158. The van der Waals surface area contributed by atoms with Gasteiger partial charge in [-0.2, -0.15) is 0 Å². The van der Waals surface area contributed by atoms with E-state index >= 15 is 0 Å². The van der Waals surface area contributed by atoms with Crippen LogP contribution in [0, 0.1) is 5.92 Å². The third-order valence-corrected chi connectivity index (χ3v) is 3.65. The van der Waals surface area contributed by atoms with E-state index in [9.17, 15) is 5.11 Å². The van der Waals surface area contributed by atoms with Crippen LogP contribution in [-0.2, 0) is 11.2 Å². The molecule has 0 radical (unpaired) electrons. The highest BCUT2D eigenvalue weighted by Crippen LogP contribution is 2.25. The summed E-state index contributed by atoms with van der Waals surface area (Å²) < 4.78 is 5.36. The normalized spacial score (nSPS) is 25.7. The van der Waals surface area contributed by atoms with Crippen molar-refractivity contribution in [3.63, 3.8) is 0 Å². The highest BCUT2D eigenvalue weighted by Gasteiger charge is 2.23. The first-order valence-electron chi connectivity index (χ1n) is 5.36. The van der Waals surface area contributed by atoms with Crippen LogP contribution in [0.1, 0.15) is 12.0 Å². The lowest BCUT2D eigenvalue weighted by Crippen LogP contribution is -2.33. The van der Waals surface area contributed by atoms with Gasteiger partial charge in [0.1, 0.15) is 0 Å². The molecule has 2 nitrogen and oxygen atoms in total. The molecule has 1 aromatic carbocycles. The molecule has 0 bridgehead atoms. The minimum atomic E-state index is -0.275. The van der Waals surface area contributed by atoms with Crippen molar-refractivity contribution < 1.29 is 9.84 Å². The first-order chi connectivity index (χ1) is 7.66. The number of hydrogen-bond donors (Lipinski definition) is 1. The van der Waals surface area contributed by atoms with Gasteiger partial charge in [0, 0.05) is 12.5 Å². The van der Waals surface area contributed by atoms with Gasteiger partial charge in [0.2, 0.25) is 0 Å². The van der Waals surface area contributed by atoms with Crippen molar-refractivity contribution >= 4 is 23.2 Å². The molecule has 0 spiro atoms. The van der Waals surface area contributed by atoms with Crippen molar-refractivity contribution in [3.8, 4) is 0 Å². The molecular weight excluding hydrogens is 247 g/mol. The number of benzene rings is 1. The average Bonchev–Trinajstić information content (AvgIpc) is 2.27. The molecule has 1 heterocycles. The Morgan fingerprint density at radius 1 is 1.31 bits per heavy atom. The molecule has 0 aliphatic carbocycles. The van der Waals surface area contributed by atoms with Gasteiger partial charge >= 0.3 is 0 Å². The summed E-state index contributed by atoms with van der Waals surface area (Å²) in [7, 11) is 0. The number of rotatable bonds is 2. The van der Waals surface area contributed by atoms with Crippen molar-refractivity contribution in [2.24, 2.45) is 5.92 Å². The molecule has 1 aliphatic rings. The average molecular weight is 261 g/mol. The lowest BCUT2D eigenvalue weighted by Gasteiger charge is -2.27. The maximum atomic E-state index is 9.82. The fourth-order valence-corrected chi connectivity index (χ4v) is 2.27. The summed E-state index contributed by atoms with van der Waals surface area (Å²) in [4.78, 5) is 0. The zero-order chi connectivity index (χ0) is 11.5. The maximum absolute atomic E-state index is 9.82. The smallest absolute Gasteiger partial charge is 0.0615 e. The van der Waals surface area contributed by atoms with Crippen LogP contribution >= 0.6 is 23.2 Å². The Kier molecular flexibility index (Phi) is 4.09. The second kappa shape index (κ2) is 5.37. The van der Waals surface area contributed by atoms with Crippen LogP contribution < -0.4 is 0 Å². The molecule has 2 atom stereocenters. The molecule has 16 heavy (non-hydrogen) atoms. The van der Waals surface area contributed by atoms with Crippen molar-refractivity contribution in [2.45, 2.75) is 18.9 Å². The van der Waals surface area contributed by atoms with E-state index in [1.54, 1.807) is 6.07 Å². The topological polar surface area (TPSA) is 29.5 Å². The lowest BCUT2D eigenvalue weighted by molar-refractivity contribution is -0.0350. The molecule has 2 rings (SSSR count). The van der Waals surface area contributed by atoms with Gasteiger partial charge in [-0.3, -0.25) is 0 Å². The number of hydrogen-bond acceptors (Lipinski definition) is 2.